The van der Waals surface area contributed by atoms with Crippen LogP contribution in [0.2, 0.25) is 0 Å². The molecular weight excluding hydrogens is 364 g/mol. The second kappa shape index (κ2) is 6.58. The second-order valence-corrected chi connectivity index (χ2v) is 8.84. The number of hydrogen-bond donors (Lipinski definition) is 0. The summed E-state index contributed by atoms with van der Waals surface area (Å²) in [5.74, 6) is 0.593. The number of carbonyl (C=O) groups excluding carboxylic acids is 2. The van der Waals surface area contributed by atoms with Gasteiger partial charge in [-0.1, -0.05) is 37.8 Å². The maximum Gasteiger partial charge on any atom is 0.338 e. The Morgan fingerprint density at radius 3 is 2.28 bits per heavy atom. The lowest BCUT2D eigenvalue weighted by atomic mass is 9.78. The number of benzene rings is 2. The first kappa shape index (κ1) is 19.4. The topological polar surface area (TPSA) is 52.6 Å². The zero-order valence-electron chi connectivity index (χ0n) is 17.5. The van der Waals surface area contributed by atoms with Gasteiger partial charge in [0.05, 0.1) is 0 Å². The van der Waals surface area contributed by atoms with Crippen molar-refractivity contribution >= 4 is 22.7 Å². The van der Waals surface area contributed by atoms with Gasteiger partial charge in [-0.25, -0.2) is 9.59 Å². The molecule has 2 unspecified atom stereocenters. The van der Waals surface area contributed by atoms with Crippen molar-refractivity contribution in [3.05, 3.63) is 59.2 Å². The van der Waals surface area contributed by atoms with Gasteiger partial charge in [-0.2, -0.15) is 0 Å². The zero-order valence-corrected chi connectivity index (χ0v) is 17.5. The van der Waals surface area contributed by atoms with E-state index in [1.807, 2.05) is 25.1 Å². The van der Waals surface area contributed by atoms with E-state index in [4.69, 9.17) is 9.47 Å². The standard InChI is InChI=1S/C25H26O4/c1-13(2)23(26)28-21-18-11-15(5)7-8-17(18)22(29-24(27)14(3)4)20-19(21)16-9-10-25(20,6)12-16/h7-8,11,16H,1,3,9-10,12H2,2,4-6H3. The Morgan fingerprint density at radius 2 is 1.66 bits per heavy atom. The predicted molar refractivity (Wildman–Crippen MR) is 114 cm³/mol. The van der Waals surface area contributed by atoms with E-state index < -0.39 is 11.9 Å². The van der Waals surface area contributed by atoms with Gasteiger partial charge in [0.15, 0.2) is 0 Å². The smallest absolute Gasteiger partial charge is 0.338 e. The molecule has 150 valence electrons. The van der Waals surface area contributed by atoms with E-state index in [-0.39, 0.29) is 11.3 Å². The summed E-state index contributed by atoms with van der Waals surface area (Å²) in [6.07, 6.45) is 3.02. The quantitative estimate of drug-likeness (QED) is 0.385. The van der Waals surface area contributed by atoms with Crippen LogP contribution < -0.4 is 9.47 Å². The molecule has 1 fully saturated rings. The van der Waals surface area contributed by atoms with Gasteiger partial charge in [0.1, 0.15) is 11.5 Å². The van der Waals surface area contributed by atoms with Crippen LogP contribution in [-0.2, 0) is 15.0 Å². The van der Waals surface area contributed by atoms with Crippen molar-refractivity contribution in [1.82, 2.24) is 0 Å². The number of ether oxygens (including phenoxy) is 2. The first-order valence-corrected chi connectivity index (χ1v) is 9.98. The lowest BCUT2D eigenvalue weighted by Gasteiger charge is -2.29. The van der Waals surface area contributed by atoms with Crippen LogP contribution in [-0.4, -0.2) is 11.9 Å². The molecule has 4 rings (SSSR count). The van der Waals surface area contributed by atoms with E-state index in [1.54, 1.807) is 13.8 Å². The minimum atomic E-state index is -0.438. The Bertz CT molecular complexity index is 1110. The molecule has 0 radical (unpaired) electrons. The molecular formula is C25H26O4. The van der Waals surface area contributed by atoms with E-state index in [0.29, 0.717) is 22.6 Å². The lowest BCUT2D eigenvalue weighted by Crippen LogP contribution is -2.21. The largest absolute Gasteiger partial charge is 0.422 e. The van der Waals surface area contributed by atoms with Gasteiger partial charge in [0, 0.05) is 33.0 Å². The molecule has 0 N–H and O–H groups in total. The number of carbonyl (C=O) groups is 2. The van der Waals surface area contributed by atoms with E-state index in [1.165, 1.54) is 0 Å². The van der Waals surface area contributed by atoms with E-state index in [2.05, 4.69) is 20.1 Å². The van der Waals surface area contributed by atoms with E-state index >= 15 is 0 Å². The Hall–Kier alpha value is -2.88. The molecule has 0 heterocycles. The third-order valence-electron chi connectivity index (χ3n) is 6.25. The van der Waals surface area contributed by atoms with Crippen molar-refractivity contribution in [1.29, 1.82) is 0 Å². The molecule has 0 amide bonds. The highest BCUT2D eigenvalue weighted by Gasteiger charge is 2.50. The summed E-state index contributed by atoms with van der Waals surface area (Å²) in [6.45, 7) is 14.9. The monoisotopic (exact) mass is 390 g/mol. The SMILES string of the molecule is C=C(C)C(=O)Oc1c2c(c(OC(=O)C(=C)C)c3ccc(C)cc13)C1(C)CCC2C1. The molecule has 4 heteroatoms. The van der Waals surface area contributed by atoms with Gasteiger partial charge in [-0.15, -0.1) is 0 Å². The molecule has 4 nitrogen and oxygen atoms in total. The van der Waals surface area contributed by atoms with Gasteiger partial charge in [-0.3, -0.25) is 0 Å². The van der Waals surface area contributed by atoms with Crippen LogP contribution in [0.4, 0.5) is 0 Å². The minimum absolute atomic E-state index is 0.103. The second-order valence-electron chi connectivity index (χ2n) is 8.84. The van der Waals surface area contributed by atoms with Gasteiger partial charge in [0.25, 0.3) is 0 Å². The van der Waals surface area contributed by atoms with Crippen molar-refractivity contribution in [2.75, 3.05) is 0 Å². The van der Waals surface area contributed by atoms with Gasteiger partial charge < -0.3 is 9.47 Å². The summed E-state index contributed by atoms with van der Waals surface area (Å²) in [4.78, 5) is 24.9. The molecule has 29 heavy (non-hydrogen) atoms. The highest BCUT2D eigenvalue weighted by atomic mass is 16.5. The third kappa shape index (κ3) is 2.98. The molecule has 0 spiro atoms. The number of aryl methyl sites for hydroxylation is 1. The predicted octanol–water partition coefficient (Wildman–Crippen LogP) is 5.65. The molecule has 0 saturated heterocycles. The molecule has 2 aromatic rings. The summed E-state index contributed by atoms with van der Waals surface area (Å²) in [5, 5.41) is 1.57. The summed E-state index contributed by atoms with van der Waals surface area (Å²) >= 11 is 0. The van der Waals surface area contributed by atoms with Crippen molar-refractivity contribution in [3.8, 4) is 11.5 Å². The molecule has 2 bridgehead atoms. The molecule has 0 aliphatic heterocycles. The fourth-order valence-corrected chi connectivity index (χ4v) is 4.84. The molecule has 1 saturated carbocycles. The first-order chi connectivity index (χ1) is 13.6. The lowest BCUT2D eigenvalue weighted by molar-refractivity contribution is -0.131. The van der Waals surface area contributed by atoms with Crippen molar-refractivity contribution in [2.24, 2.45) is 0 Å². The maximum absolute atomic E-state index is 12.5. The Labute approximate surface area is 171 Å². The van der Waals surface area contributed by atoms with Crippen LogP contribution >= 0.6 is 0 Å². The third-order valence-corrected chi connectivity index (χ3v) is 6.25. The minimum Gasteiger partial charge on any atom is -0.422 e. The van der Waals surface area contributed by atoms with Crippen molar-refractivity contribution in [3.63, 3.8) is 0 Å². The molecule has 2 atom stereocenters. The van der Waals surface area contributed by atoms with Crippen LogP contribution in [0, 0.1) is 6.92 Å². The summed E-state index contributed by atoms with van der Waals surface area (Å²) in [5.41, 5.74) is 3.65. The van der Waals surface area contributed by atoms with Crippen LogP contribution in [0.1, 0.15) is 62.6 Å². The molecule has 2 aliphatic carbocycles. The van der Waals surface area contributed by atoms with Crippen LogP contribution in [0.3, 0.4) is 0 Å². The number of rotatable bonds is 4. The molecule has 0 aromatic heterocycles. The van der Waals surface area contributed by atoms with Gasteiger partial charge in [-0.05, 0) is 57.4 Å². The summed E-state index contributed by atoms with van der Waals surface area (Å²) in [7, 11) is 0. The Kier molecular flexibility index (Phi) is 4.41. The van der Waals surface area contributed by atoms with Crippen LogP contribution in [0.15, 0.2) is 42.5 Å². The molecule has 2 aliphatic rings. The van der Waals surface area contributed by atoms with Gasteiger partial charge >= 0.3 is 11.9 Å². The first-order valence-electron chi connectivity index (χ1n) is 9.98. The highest BCUT2D eigenvalue weighted by molar-refractivity contribution is 6.02. The normalized spacial score (nSPS) is 21.7. The zero-order chi connectivity index (χ0) is 21.1. The fourth-order valence-electron chi connectivity index (χ4n) is 4.84. The van der Waals surface area contributed by atoms with Gasteiger partial charge in [0.2, 0.25) is 0 Å². The fraction of sp³-hybridized carbons (Fsp3) is 0.360. The average Bonchev–Trinajstić information content (AvgIpc) is 3.17. The Morgan fingerprint density at radius 1 is 1.03 bits per heavy atom. The van der Waals surface area contributed by atoms with Crippen LogP contribution in [0.5, 0.6) is 11.5 Å². The average molecular weight is 390 g/mol. The number of hydrogen-bond acceptors (Lipinski definition) is 4. The maximum atomic E-state index is 12.5. The summed E-state index contributed by atoms with van der Waals surface area (Å²) < 4.78 is 11.8. The van der Waals surface area contributed by atoms with Crippen molar-refractivity contribution < 1.29 is 19.1 Å². The highest BCUT2D eigenvalue weighted by Crippen LogP contribution is 2.64. The number of fused-ring (bicyclic) bond motifs is 6. The van der Waals surface area contributed by atoms with Crippen molar-refractivity contribution in [2.45, 2.75) is 58.3 Å². The number of esters is 2. The molecule has 2 aromatic carbocycles. The Balaban J connectivity index is 2.06. The van der Waals surface area contributed by atoms with Crippen LogP contribution in [0.25, 0.3) is 10.8 Å². The van der Waals surface area contributed by atoms with E-state index in [0.717, 1.165) is 46.7 Å². The van der Waals surface area contributed by atoms with E-state index in [9.17, 15) is 9.59 Å². The summed E-state index contributed by atoms with van der Waals surface area (Å²) in [6, 6.07) is 5.91.